The van der Waals surface area contributed by atoms with E-state index >= 15 is 0 Å². The Hall–Kier alpha value is -3.08. The number of hydrogen-bond donors (Lipinski definition) is 1. The number of para-hydroxylation sites is 2. The molecule has 0 radical (unpaired) electrons. The summed E-state index contributed by atoms with van der Waals surface area (Å²) >= 11 is 0. The molecule has 1 aliphatic heterocycles. The summed E-state index contributed by atoms with van der Waals surface area (Å²) in [6.45, 7) is 2.08. The number of anilines is 3. The fourth-order valence-electron chi connectivity index (χ4n) is 3.39. The van der Waals surface area contributed by atoms with Crippen molar-refractivity contribution < 1.29 is 4.74 Å². The van der Waals surface area contributed by atoms with Crippen LogP contribution in [0.4, 0.5) is 17.3 Å². The molecular formula is C22H24N4O. The topological polar surface area (TPSA) is 50.3 Å². The van der Waals surface area contributed by atoms with E-state index in [4.69, 9.17) is 14.7 Å². The van der Waals surface area contributed by atoms with Crippen LogP contribution in [0.3, 0.4) is 0 Å². The molecule has 0 amide bonds. The molecule has 1 aromatic heterocycles. The average Bonchev–Trinajstić information content (AvgIpc) is 2.75. The van der Waals surface area contributed by atoms with E-state index in [0.717, 1.165) is 47.5 Å². The van der Waals surface area contributed by atoms with Crippen molar-refractivity contribution in [2.45, 2.75) is 19.3 Å². The zero-order valence-electron chi connectivity index (χ0n) is 15.6. The molecule has 1 saturated heterocycles. The standard InChI is InChI=1S/C22H24N4O/c1-27-19-13-7-6-12-18(19)23-20-16-21(26-14-8-3-9-15-26)25-22(24-20)17-10-4-2-5-11-17/h2,4-7,10-13,16H,3,8-9,14-15H2,1H3,(H,23,24,25). The van der Waals surface area contributed by atoms with Crippen molar-refractivity contribution in [3.63, 3.8) is 0 Å². The first kappa shape index (κ1) is 17.3. The van der Waals surface area contributed by atoms with Crippen LogP contribution in [0.2, 0.25) is 0 Å². The maximum atomic E-state index is 5.46. The first-order valence-corrected chi connectivity index (χ1v) is 9.43. The van der Waals surface area contributed by atoms with Gasteiger partial charge in [-0.1, -0.05) is 42.5 Å². The molecule has 0 spiro atoms. The molecule has 1 fully saturated rings. The third kappa shape index (κ3) is 4.03. The first-order chi connectivity index (χ1) is 13.3. The van der Waals surface area contributed by atoms with Crippen molar-refractivity contribution in [3.8, 4) is 17.1 Å². The summed E-state index contributed by atoms with van der Waals surface area (Å²) in [6.07, 6.45) is 3.71. The molecule has 0 unspecified atom stereocenters. The minimum atomic E-state index is 0.732. The van der Waals surface area contributed by atoms with Gasteiger partial charge < -0.3 is 15.0 Å². The highest BCUT2D eigenvalue weighted by Gasteiger charge is 2.16. The zero-order valence-corrected chi connectivity index (χ0v) is 15.6. The van der Waals surface area contributed by atoms with Crippen LogP contribution in [0.1, 0.15) is 19.3 Å². The summed E-state index contributed by atoms with van der Waals surface area (Å²) in [4.78, 5) is 12.0. The molecule has 0 atom stereocenters. The second-order valence-electron chi connectivity index (χ2n) is 6.67. The average molecular weight is 360 g/mol. The molecular weight excluding hydrogens is 336 g/mol. The monoisotopic (exact) mass is 360 g/mol. The maximum Gasteiger partial charge on any atom is 0.163 e. The van der Waals surface area contributed by atoms with Gasteiger partial charge in [0.15, 0.2) is 5.82 Å². The van der Waals surface area contributed by atoms with Gasteiger partial charge in [-0.05, 0) is 31.4 Å². The van der Waals surface area contributed by atoms with E-state index in [-0.39, 0.29) is 0 Å². The van der Waals surface area contributed by atoms with Crippen molar-refractivity contribution in [2.75, 3.05) is 30.4 Å². The van der Waals surface area contributed by atoms with Gasteiger partial charge in [0.1, 0.15) is 17.4 Å². The van der Waals surface area contributed by atoms with E-state index in [9.17, 15) is 0 Å². The van der Waals surface area contributed by atoms with Crippen molar-refractivity contribution in [1.29, 1.82) is 0 Å². The summed E-state index contributed by atoms with van der Waals surface area (Å²) < 4.78 is 5.46. The number of benzene rings is 2. The Bertz CT molecular complexity index is 892. The molecule has 0 aliphatic carbocycles. The SMILES string of the molecule is COc1ccccc1Nc1cc(N2CCCCC2)nc(-c2ccccc2)n1. The van der Waals surface area contributed by atoms with Gasteiger partial charge in [-0.15, -0.1) is 0 Å². The Morgan fingerprint density at radius 3 is 2.41 bits per heavy atom. The Morgan fingerprint density at radius 1 is 0.889 bits per heavy atom. The van der Waals surface area contributed by atoms with E-state index in [2.05, 4.69) is 10.2 Å². The van der Waals surface area contributed by atoms with Crippen LogP contribution in [0.5, 0.6) is 5.75 Å². The van der Waals surface area contributed by atoms with Crippen LogP contribution in [0, 0.1) is 0 Å². The lowest BCUT2D eigenvalue weighted by Gasteiger charge is -2.28. The lowest BCUT2D eigenvalue weighted by atomic mass is 10.1. The van der Waals surface area contributed by atoms with E-state index in [1.807, 2.05) is 60.7 Å². The number of hydrogen-bond acceptors (Lipinski definition) is 5. The fourth-order valence-corrected chi connectivity index (χ4v) is 3.39. The van der Waals surface area contributed by atoms with Gasteiger partial charge in [-0.2, -0.15) is 0 Å². The second-order valence-corrected chi connectivity index (χ2v) is 6.67. The third-order valence-electron chi connectivity index (χ3n) is 4.79. The summed E-state index contributed by atoms with van der Waals surface area (Å²) in [5.41, 5.74) is 1.90. The van der Waals surface area contributed by atoms with Crippen molar-refractivity contribution >= 4 is 17.3 Å². The maximum absolute atomic E-state index is 5.46. The highest BCUT2D eigenvalue weighted by atomic mass is 16.5. The predicted octanol–water partition coefficient (Wildman–Crippen LogP) is 4.89. The molecule has 2 aromatic carbocycles. The van der Waals surface area contributed by atoms with E-state index in [1.54, 1.807) is 7.11 Å². The third-order valence-corrected chi connectivity index (χ3v) is 4.79. The van der Waals surface area contributed by atoms with Crippen molar-refractivity contribution in [1.82, 2.24) is 9.97 Å². The predicted molar refractivity (Wildman–Crippen MR) is 110 cm³/mol. The molecule has 1 N–H and O–H groups in total. The van der Waals surface area contributed by atoms with Crippen molar-refractivity contribution in [2.24, 2.45) is 0 Å². The van der Waals surface area contributed by atoms with Gasteiger partial charge in [-0.3, -0.25) is 0 Å². The van der Waals surface area contributed by atoms with E-state index < -0.39 is 0 Å². The van der Waals surface area contributed by atoms with Crippen LogP contribution in [-0.2, 0) is 0 Å². The molecule has 4 rings (SSSR count). The molecule has 5 heteroatoms. The normalized spacial score (nSPS) is 14.0. The lowest BCUT2D eigenvalue weighted by Crippen LogP contribution is -2.30. The molecule has 5 nitrogen and oxygen atoms in total. The Kier molecular flexibility index (Phi) is 5.19. The van der Waals surface area contributed by atoms with Crippen molar-refractivity contribution in [3.05, 3.63) is 60.7 Å². The number of nitrogens with zero attached hydrogens (tertiary/aromatic N) is 3. The highest BCUT2D eigenvalue weighted by molar-refractivity contribution is 5.68. The molecule has 2 heterocycles. The van der Waals surface area contributed by atoms with Gasteiger partial charge in [0.25, 0.3) is 0 Å². The number of methoxy groups -OCH3 is 1. The van der Waals surface area contributed by atoms with Crippen LogP contribution >= 0.6 is 0 Å². The van der Waals surface area contributed by atoms with Crippen LogP contribution < -0.4 is 15.0 Å². The Labute approximate surface area is 160 Å². The number of aromatic nitrogens is 2. The number of rotatable bonds is 5. The largest absolute Gasteiger partial charge is 0.495 e. The highest BCUT2D eigenvalue weighted by Crippen LogP contribution is 2.30. The Morgan fingerprint density at radius 2 is 1.63 bits per heavy atom. The minimum Gasteiger partial charge on any atom is -0.495 e. The second kappa shape index (κ2) is 8.08. The van der Waals surface area contributed by atoms with Gasteiger partial charge in [0, 0.05) is 24.7 Å². The number of piperidine rings is 1. The molecule has 27 heavy (non-hydrogen) atoms. The summed E-state index contributed by atoms with van der Waals surface area (Å²) in [5.74, 6) is 3.27. The first-order valence-electron chi connectivity index (χ1n) is 9.43. The van der Waals surface area contributed by atoms with E-state index in [1.165, 1.54) is 19.3 Å². The summed E-state index contributed by atoms with van der Waals surface area (Å²) in [7, 11) is 1.68. The van der Waals surface area contributed by atoms with E-state index in [0.29, 0.717) is 0 Å². The van der Waals surface area contributed by atoms with Gasteiger partial charge >= 0.3 is 0 Å². The van der Waals surface area contributed by atoms with Gasteiger partial charge in [-0.25, -0.2) is 9.97 Å². The van der Waals surface area contributed by atoms with Gasteiger partial charge in [0.05, 0.1) is 12.8 Å². The molecule has 1 aliphatic rings. The molecule has 3 aromatic rings. The smallest absolute Gasteiger partial charge is 0.163 e. The summed E-state index contributed by atoms with van der Waals surface area (Å²) in [6, 6.07) is 20.0. The van der Waals surface area contributed by atoms with Crippen LogP contribution in [-0.4, -0.2) is 30.2 Å². The van der Waals surface area contributed by atoms with Crippen LogP contribution in [0.25, 0.3) is 11.4 Å². The summed E-state index contributed by atoms with van der Waals surface area (Å²) in [5, 5.41) is 3.41. The number of nitrogens with one attached hydrogen (secondary N) is 1. The molecule has 0 saturated carbocycles. The van der Waals surface area contributed by atoms with Gasteiger partial charge in [0.2, 0.25) is 0 Å². The minimum absolute atomic E-state index is 0.732. The quantitative estimate of drug-likeness (QED) is 0.702. The van der Waals surface area contributed by atoms with Crippen LogP contribution in [0.15, 0.2) is 60.7 Å². The number of ether oxygens (including phenoxy) is 1. The lowest BCUT2D eigenvalue weighted by molar-refractivity contribution is 0.417. The zero-order chi connectivity index (χ0) is 18.5. The molecule has 138 valence electrons. The Balaban J connectivity index is 1.73. The molecule has 0 bridgehead atoms. The fraction of sp³-hybridized carbons (Fsp3) is 0.273.